The molecule has 1 aromatic heterocycles. The Labute approximate surface area is 144 Å². The third-order valence-electron chi connectivity index (χ3n) is 3.12. The van der Waals surface area contributed by atoms with Gasteiger partial charge in [0.2, 0.25) is 10.0 Å². The van der Waals surface area contributed by atoms with E-state index in [-0.39, 0.29) is 12.2 Å². The molecule has 0 radical (unpaired) electrons. The van der Waals surface area contributed by atoms with Gasteiger partial charge in [-0.3, -0.25) is 9.78 Å². The van der Waals surface area contributed by atoms with Crippen molar-refractivity contribution in [2.75, 3.05) is 13.4 Å². The highest BCUT2D eigenvalue weighted by Gasteiger charge is 2.15. The van der Waals surface area contributed by atoms with Gasteiger partial charge in [0.25, 0.3) is 5.91 Å². The minimum atomic E-state index is -3.66. The van der Waals surface area contributed by atoms with E-state index in [0.717, 1.165) is 6.26 Å². The van der Waals surface area contributed by atoms with Gasteiger partial charge in [-0.15, -0.1) is 0 Å². The number of nitrogens with one attached hydrogen (secondary N) is 1. The monoisotopic (exact) mass is 370 g/mol. The molecule has 0 spiro atoms. The fourth-order valence-electron chi connectivity index (χ4n) is 2.03. The number of ether oxygens (including phenoxy) is 1. The number of sulfonamides is 1. The van der Waals surface area contributed by atoms with Crippen LogP contribution in [0.2, 0.25) is 5.02 Å². The van der Waals surface area contributed by atoms with Crippen LogP contribution in [0.5, 0.6) is 5.75 Å². The molecule has 0 aliphatic rings. The Hall–Kier alpha value is -2.16. The van der Waals surface area contributed by atoms with Gasteiger partial charge < -0.3 is 9.84 Å². The van der Waals surface area contributed by atoms with Crippen molar-refractivity contribution in [3.05, 3.63) is 46.7 Å². The first-order valence-corrected chi connectivity index (χ1v) is 8.98. The molecule has 7 nitrogen and oxygen atoms in total. The Morgan fingerprint density at radius 2 is 2.08 bits per heavy atom. The number of pyridine rings is 1. The van der Waals surface area contributed by atoms with Gasteiger partial charge in [-0.1, -0.05) is 11.6 Å². The molecule has 0 unspecified atom stereocenters. The molecule has 0 aliphatic carbocycles. The van der Waals surface area contributed by atoms with Gasteiger partial charge in [0.05, 0.1) is 30.7 Å². The number of nitrogens with zero attached hydrogens (tertiary/aromatic N) is 1. The second-order valence-corrected chi connectivity index (χ2v) is 7.08. The predicted molar refractivity (Wildman–Crippen MR) is 89.5 cm³/mol. The van der Waals surface area contributed by atoms with E-state index in [1.807, 2.05) is 4.72 Å². The van der Waals surface area contributed by atoms with Gasteiger partial charge in [-0.2, -0.15) is 0 Å². The molecule has 0 atom stereocenters. The third kappa shape index (κ3) is 4.22. The van der Waals surface area contributed by atoms with Crippen LogP contribution in [0, 0.1) is 0 Å². The van der Waals surface area contributed by atoms with Crippen molar-refractivity contribution >= 4 is 27.5 Å². The zero-order chi connectivity index (χ0) is 17.9. The molecule has 1 aromatic carbocycles. The second-order valence-electron chi connectivity index (χ2n) is 4.93. The molecule has 0 aliphatic heterocycles. The quantitative estimate of drug-likeness (QED) is 0.828. The van der Waals surface area contributed by atoms with Crippen molar-refractivity contribution in [1.82, 2.24) is 9.71 Å². The summed E-state index contributed by atoms with van der Waals surface area (Å²) >= 11 is 6.04. The first-order chi connectivity index (χ1) is 11.2. The van der Waals surface area contributed by atoms with Crippen LogP contribution < -0.4 is 9.46 Å². The van der Waals surface area contributed by atoms with Crippen LogP contribution in [0.4, 0.5) is 0 Å². The molecular weight excluding hydrogens is 356 g/mol. The summed E-state index contributed by atoms with van der Waals surface area (Å²) < 4.78 is 29.5. The lowest BCUT2D eigenvalue weighted by atomic mass is 10.0. The summed E-state index contributed by atoms with van der Waals surface area (Å²) in [5, 5.41) is 9.41. The number of methoxy groups -OCH3 is 1. The van der Waals surface area contributed by atoms with Gasteiger partial charge >= 0.3 is 0 Å². The topological polar surface area (TPSA) is 106 Å². The van der Waals surface area contributed by atoms with E-state index >= 15 is 0 Å². The average molecular weight is 371 g/mol. The van der Waals surface area contributed by atoms with E-state index in [2.05, 4.69) is 4.98 Å². The number of benzene rings is 1. The summed E-state index contributed by atoms with van der Waals surface area (Å²) in [7, 11) is -2.23. The normalized spacial score (nSPS) is 11.2. The number of hydrogen-bond acceptors (Lipinski definition) is 6. The molecule has 0 fully saturated rings. The molecule has 2 rings (SSSR count). The molecule has 0 saturated heterocycles. The number of amides is 1. The first-order valence-electron chi connectivity index (χ1n) is 6.71. The number of halogens is 1. The van der Waals surface area contributed by atoms with Crippen molar-refractivity contribution in [1.29, 1.82) is 0 Å². The molecule has 128 valence electrons. The maximum Gasteiger partial charge on any atom is 0.264 e. The lowest BCUT2D eigenvalue weighted by molar-refractivity contribution is 0.0981. The summed E-state index contributed by atoms with van der Waals surface area (Å²) in [5.41, 5.74) is 1.73. The number of carbonyl (C=O) groups excluding carboxylic acids is 1. The van der Waals surface area contributed by atoms with Crippen LogP contribution in [0.3, 0.4) is 0 Å². The largest absolute Gasteiger partial charge is 0.496 e. The number of aliphatic hydroxyl groups is 1. The summed E-state index contributed by atoms with van der Waals surface area (Å²) in [6.45, 7) is -0.277. The lowest BCUT2D eigenvalue weighted by Gasteiger charge is -2.11. The van der Waals surface area contributed by atoms with Crippen LogP contribution in [0.25, 0.3) is 11.1 Å². The molecular formula is C15H15ClN2O5S. The van der Waals surface area contributed by atoms with Gasteiger partial charge in [0.15, 0.2) is 0 Å². The fourth-order valence-corrected chi connectivity index (χ4v) is 2.71. The zero-order valence-electron chi connectivity index (χ0n) is 12.9. The minimum Gasteiger partial charge on any atom is -0.496 e. The van der Waals surface area contributed by atoms with Crippen LogP contribution in [-0.4, -0.2) is 37.8 Å². The first kappa shape index (κ1) is 18.2. The standard InChI is InChI=1S/C15H15ClN2O5S/c1-23-14-6-9(15(20)18-24(2,21)22)3-4-11(14)10-5-12(16)13(8-19)17-7-10/h3-7,19H,8H2,1-2H3,(H,18,20). The highest BCUT2D eigenvalue weighted by molar-refractivity contribution is 7.89. The number of aromatic nitrogens is 1. The molecule has 9 heteroatoms. The number of rotatable bonds is 5. The Morgan fingerprint density at radius 1 is 1.38 bits per heavy atom. The Kier molecular flexibility index (Phi) is 5.43. The highest BCUT2D eigenvalue weighted by atomic mass is 35.5. The van der Waals surface area contributed by atoms with Gasteiger partial charge in [-0.05, 0) is 24.3 Å². The van der Waals surface area contributed by atoms with E-state index in [1.165, 1.54) is 25.4 Å². The van der Waals surface area contributed by atoms with Crippen molar-refractivity contribution in [3.8, 4) is 16.9 Å². The maximum atomic E-state index is 11.9. The van der Waals surface area contributed by atoms with Crippen molar-refractivity contribution in [2.24, 2.45) is 0 Å². The predicted octanol–water partition coefficient (Wildman–Crippen LogP) is 1.59. The number of carbonyl (C=O) groups is 1. The number of aliphatic hydroxyl groups excluding tert-OH is 1. The maximum absolute atomic E-state index is 11.9. The van der Waals surface area contributed by atoms with Crippen molar-refractivity contribution in [2.45, 2.75) is 6.61 Å². The lowest BCUT2D eigenvalue weighted by Crippen LogP contribution is -2.29. The van der Waals surface area contributed by atoms with E-state index in [0.29, 0.717) is 27.6 Å². The average Bonchev–Trinajstić information content (AvgIpc) is 2.52. The summed E-state index contributed by atoms with van der Waals surface area (Å²) in [4.78, 5) is 16.0. The fraction of sp³-hybridized carbons (Fsp3) is 0.200. The minimum absolute atomic E-state index is 0.132. The molecule has 1 amide bonds. The SMILES string of the molecule is COc1cc(C(=O)NS(C)(=O)=O)ccc1-c1cnc(CO)c(Cl)c1. The van der Waals surface area contributed by atoms with E-state index < -0.39 is 15.9 Å². The molecule has 2 aromatic rings. The van der Waals surface area contributed by atoms with Crippen molar-refractivity contribution in [3.63, 3.8) is 0 Å². The highest BCUT2D eigenvalue weighted by Crippen LogP contribution is 2.32. The number of hydrogen-bond donors (Lipinski definition) is 2. The Bertz CT molecular complexity index is 883. The van der Waals surface area contributed by atoms with Gasteiger partial charge in [0, 0.05) is 22.9 Å². The van der Waals surface area contributed by atoms with Crippen LogP contribution in [0.15, 0.2) is 30.5 Å². The molecule has 0 bridgehead atoms. The van der Waals surface area contributed by atoms with Gasteiger partial charge in [0.1, 0.15) is 5.75 Å². The van der Waals surface area contributed by atoms with E-state index in [9.17, 15) is 13.2 Å². The smallest absolute Gasteiger partial charge is 0.264 e. The Balaban J connectivity index is 2.43. The summed E-state index contributed by atoms with van der Waals surface area (Å²) in [5.74, 6) is -0.403. The Morgan fingerprint density at radius 3 is 2.62 bits per heavy atom. The van der Waals surface area contributed by atoms with E-state index in [4.69, 9.17) is 21.4 Å². The second kappa shape index (κ2) is 7.16. The van der Waals surface area contributed by atoms with Gasteiger partial charge in [-0.25, -0.2) is 13.1 Å². The van der Waals surface area contributed by atoms with E-state index in [1.54, 1.807) is 12.1 Å². The third-order valence-corrected chi connectivity index (χ3v) is 4.00. The summed E-state index contributed by atoms with van der Waals surface area (Å²) in [6.07, 6.45) is 2.42. The molecule has 0 saturated carbocycles. The van der Waals surface area contributed by atoms with Crippen LogP contribution in [0.1, 0.15) is 16.1 Å². The molecule has 24 heavy (non-hydrogen) atoms. The summed E-state index contributed by atoms with van der Waals surface area (Å²) in [6, 6.07) is 6.10. The molecule has 2 N–H and O–H groups in total. The van der Waals surface area contributed by atoms with Crippen molar-refractivity contribution < 1.29 is 23.1 Å². The van der Waals surface area contributed by atoms with Crippen LogP contribution >= 0.6 is 11.6 Å². The zero-order valence-corrected chi connectivity index (χ0v) is 14.5. The van der Waals surface area contributed by atoms with Crippen LogP contribution in [-0.2, 0) is 16.6 Å². The molecule has 1 heterocycles.